The zero-order chi connectivity index (χ0) is 27.0. The van der Waals surface area contributed by atoms with Crippen molar-refractivity contribution >= 4 is 34.0 Å². The predicted molar refractivity (Wildman–Crippen MR) is 129 cm³/mol. The normalized spacial score (nSPS) is 16.1. The molecule has 0 unspecified atom stereocenters. The van der Waals surface area contributed by atoms with E-state index in [9.17, 15) is 27.9 Å². The van der Waals surface area contributed by atoms with Crippen molar-refractivity contribution in [3.63, 3.8) is 0 Å². The Labute approximate surface area is 210 Å². The van der Waals surface area contributed by atoms with Crippen LogP contribution in [0.5, 0.6) is 5.75 Å². The molecule has 0 radical (unpaired) electrons. The van der Waals surface area contributed by atoms with Crippen LogP contribution >= 0.6 is 0 Å². The van der Waals surface area contributed by atoms with E-state index >= 15 is 0 Å². The van der Waals surface area contributed by atoms with Crippen LogP contribution in [0, 0.1) is 19.3 Å². The average molecular weight is 528 g/mol. The summed E-state index contributed by atoms with van der Waals surface area (Å²) in [6.07, 6.45) is 0.107. The molecule has 0 aromatic heterocycles. The Morgan fingerprint density at radius 1 is 1.22 bits per heavy atom. The Bertz CT molecular complexity index is 1080. The van der Waals surface area contributed by atoms with Crippen molar-refractivity contribution in [1.82, 2.24) is 20.3 Å². The van der Waals surface area contributed by atoms with Gasteiger partial charge in [0, 0.05) is 13.1 Å². The number of ether oxygens (including phenoxy) is 2. The first-order valence-corrected chi connectivity index (χ1v) is 12.8. The van der Waals surface area contributed by atoms with Gasteiger partial charge in [0.15, 0.2) is 0 Å². The summed E-state index contributed by atoms with van der Waals surface area (Å²) in [5, 5.41) is 22.4. The first-order chi connectivity index (χ1) is 16.9. The molecule has 0 saturated carbocycles. The van der Waals surface area contributed by atoms with Crippen LogP contribution in [0.3, 0.4) is 0 Å². The van der Waals surface area contributed by atoms with Crippen LogP contribution in [-0.4, -0.2) is 81.7 Å². The smallest absolute Gasteiger partial charge is 0.407 e. The molecular formula is C22H33N5O8S. The Balaban J connectivity index is 1.91. The SMILES string of the molecule is COC(=O)[C@H](CCCNC(=N)NS(=O)(=O)c1c(C)cc(OC)cc1C)NC(=O)[C@@H]1CCCN1C(=O)O. The van der Waals surface area contributed by atoms with Gasteiger partial charge in [0.1, 0.15) is 17.8 Å². The van der Waals surface area contributed by atoms with Gasteiger partial charge < -0.3 is 25.2 Å². The molecule has 36 heavy (non-hydrogen) atoms. The van der Waals surface area contributed by atoms with Gasteiger partial charge in [-0.05, 0) is 62.8 Å². The minimum atomic E-state index is -4.03. The summed E-state index contributed by atoms with van der Waals surface area (Å²) < 4.78 is 37.6. The molecule has 5 N–H and O–H groups in total. The van der Waals surface area contributed by atoms with Crippen molar-refractivity contribution in [2.45, 2.75) is 56.5 Å². The van der Waals surface area contributed by atoms with E-state index in [1.807, 2.05) is 0 Å². The van der Waals surface area contributed by atoms with Crippen LogP contribution in [0.2, 0.25) is 0 Å². The molecule has 1 aromatic rings. The summed E-state index contributed by atoms with van der Waals surface area (Å²) in [4.78, 5) is 37.1. The molecule has 2 atom stereocenters. The molecular weight excluding hydrogens is 494 g/mol. The van der Waals surface area contributed by atoms with Gasteiger partial charge in [0.2, 0.25) is 11.9 Å². The Morgan fingerprint density at radius 3 is 2.42 bits per heavy atom. The maximum Gasteiger partial charge on any atom is 0.407 e. The number of aryl methyl sites for hydroxylation is 2. The maximum absolute atomic E-state index is 12.8. The molecule has 1 heterocycles. The number of sulfonamides is 1. The fourth-order valence-corrected chi connectivity index (χ4v) is 5.53. The van der Waals surface area contributed by atoms with Gasteiger partial charge >= 0.3 is 12.1 Å². The Morgan fingerprint density at radius 2 is 1.86 bits per heavy atom. The van der Waals surface area contributed by atoms with Crippen molar-refractivity contribution in [3.05, 3.63) is 23.3 Å². The molecule has 200 valence electrons. The number of hydrogen-bond donors (Lipinski definition) is 5. The van der Waals surface area contributed by atoms with Gasteiger partial charge in [0.25, 0.3) is 10.0 Å². The van der Waals surface area contributed by atoms with Gasteiger partial charge in [-0.3, -0.25) is 15.1 Å². The molecule has 1 aliphatic rings. The summed E-state index contributed by atoms with van der Waals surface area (Å²) in [5.74, 6) is -1.20. The van der Waals surface area contributed by atoms with E-state index in [0.29, 0.717) is 29.7 Å². The highest BCUT2D eigenvalue weighted by Crippen LogP contribution is 2.25. The van der Waals surface area contributed by atoms with E-state index in [2.05, 4.69) is 15.4 Å². The zero-order valence-corrected chi connectivity index (χ0v) is 21.5. The fourth-order valence-electron chi connectivity index (χ4n) is 4.12. The number of rotatable bonds is 10. The third-order valence-corrected chi connectivity index (χ3v) is 7.40. The first-order valence-electron chi connectivity index (χ1n) is 11.3. The lowest BCUT2D eigenvalue weighted by molar-refractivity contribution is -0.145. The molecule has 0 spiro atoms. The van der Waals surface area contributed by atoms with E-state index in [4.69, 9.17) is 14.9 Å². The summed E-state index contributed by atoms with van der Waals surface area (Å²) in [6.45, 7) is 3.62. The van der Waals surface area contributed by atoms with Crippen LogP contribution in [0.1, 0.15) is 36.8 Å². The number of nitrogens with one attached hydrogen (secondary N) is 4. The number of methoxy groups -OCH3 is 2. The molecule has 1 fully saturated rings. The summed E-state index contributed by atoms with van der Waals surface area (Å²) in [7, 11) is -1.38. The van der Waals surface area contributed by atoms with E-state index in [1.165, 1.54) is 14.2 Å². The topological polar surface area (TPSA) is 187 Å². The number of likely N-dealkylation sites (tertiary alicyclic amines) is 1. The zero-order valence-electron chi connectivity index (χ0n) is 20.7. The van der Waals surface area contributed by atoms with Crippen molar-refractivity contribution in [2.24, 2.45) is 0 Å². The molecule has 14 heteroatoms. The summed E-state index contributed by atoms with van der Waals surface area (Å²) in [6, 6.07) is 1.28. The maximum atomic E-state index is 12.8. The summed E-state index contributed by atoms with van der Waals surface area (Å²) >= 11 is 0. The third-order valence-electron chi connectivity index (χ3n) is 5.75. The minimum absolute atomic E-state index is 0.0469. The van der Waals surface area contributed by atoms with Crippen LogP contribution in [0.15, 0.2) is 17.0 Å². The highest BCUT2D eigenvalue weighted by atomic mass is 32.2. The lowest BCUT2D eigenvalue weighted by Crippen LogP contribution is -2.51. The average Bonchev–Trinajstić information content (AvgIpc) is 3.30. The molecule has 1 aromatic carbocycles. The molecule has 13 nitrogen and oxygen atoms in total. The molecule has 2 amide bonds. The first kappa shape index (κ1) is 28.7. The van der Waals surface area contributed by atoms with Gasteiger partial charge in [-0.2, -0.15) is 0 Å². The number of hydrogen-bond acceptors (Lipinski definition) is 8. The van der Waals surface area contributed by atoms with E-state index in [1.54, 1.807) is 26.0 Å². The van der Waals surface area contributed by atoms with Crippen LogP contribution in [-0.2, 0) is 24.3 Å². The van der Waals surface area contributed by atoms with Crippen molar-refractivity contribution in [3.8, 4) is 5.75 Å². The standard InChI is InChI=1S/C22H33N5O8S/c1-13-11-15(34-3)12-14(2)18(13)36(32,33)26-21(23)24-9-5-7-16(20(29)35-4)25-19(28)17-8-6-10-27(17)22(30)31/h11-12,16-17H,5-10H2,1-4H3,(H,25,28)(H,30,31)(H3,23,24,26)/t16-,17-/m0/s1. The molecule has 1 aliphatic heterocycles. The van der Waals surface area contributed by atoms with Gasteiger partial charge in [0.05, 0.1) is 19.1 Å². The van der Waals surface area contributed by atoms with Crippen LogP contribution in [0.4, 0.5) is 4.79 Å². The third kappa shape index (κ3) is 7.23. The number of carbonyl (C=O) groups excluding carboxylic acids is 2. The quantitative estimate of drug-likeness (QED) is 0.126. The number of amides is 2. The van der Waals surface area contributed by atoms with E-state index in [-0.39, 0.29) is 30.8 Å². The summed E-state index contributed by atoms with van der Waals surface area (Å²) in [5.41, 5.74) is 0.931. The molecule has 0 aliphatic carbocycles. The van der Waals surface area contributed by atoms with E-state index in [0.717, 1.165) is 4.90 Å². The predicted octanol–water partition coefficient (Wildman–Crippen LogP) is 0.695. The van der Waals surface area contributed by atoms with Gasteiger partial charge in [-0.1, -0.05) is 0 Å². The number of benzene rings is 1. The molecule has 0 bridgehead atoms. The number of carbonyl (C=O) groups is 3. The second kappa shape index (κ2) is 12.4. The Kier molecular flexibility index (Phi) is 9.90. The number of guanidine groups is 1. The minimum Gasteiger partial charge on any atom is -0.497 e. The number of esters is 1. The van der Waals surface area contributed by atoms with Gasteiger partial charge in [-0.15, -0.1) is 0 Å². The second-order valence-corrected chi connectivity index (χ2v) is 9.98. The molecule has 2 rings (SSSR count). The lowest BCUT2D eigenvalue weighted by atomic mass is 10.1. The highest BCUT2D eigenvalue weighted by molar-refractivity contribution is 7.90. The van der Waals surface area contributed by atoms with Crippen molar-refractivity contribution in [1.29, 1.82) is 5.41 Å². The fraction of sp³-hybridized carbons (Fsp3) is 0.545. The monoisotopic (exact) mass is 527 g/mol. The van der Waals surface area contributed by atoms with Crippen molar-refractivity contribution in [2.75, 3.05) is 27.3 Å². The van der Waals surface area contributed by atoms with Crippen molar-refractivity contribution < 1.29 is 37.4 Å². The molecule has 1 saturated heterocycles. The largest absolute Gasteiger partial charge is 0.497 e. The van der Waals surface area contributed by atoms with Gasteiger partial charge in [-0.25, -0.2) is 22.7 Å². The number of carboxylic acid groups (broad SMARTS) is 1. The number of nitrogens with zero attached hydrogens (tertiary/aromatic N) is 1. The van der Waals surface area contributed by atoms with Crippen LogP contribution < -0.4 is 20.1 Å². The lowest BCUT2D eigenvalue weighted by Gasteiger charge is -2.23. The highest BCUT2D eigenvalue weighted by Gasteiger charge is 2.36. The Hall–Kier alpha value is -3.55. The van der Waals surface area contributed by atoms with Crippen LogP contribution in [0.25, 0.3) is 0 Å². The van der Waals surface area contributed by atoms with E-state index < -0.39 is 46.0 Å². The second-order valence-electron chi connectivity index (χ2n) is 8.36.